The lowest BCUT2D eigenvalue weighted by atomic mass is 10.1. The highest BCUT2D eigenvalue weighted by atomic mass is 35.5. The molecule has 2 N–H and O–H groups in total. The van der Waals surface area contributed by atoms with E-state index in [9.17, 15) is 31.5 Å². The number of aliphatic hydroxyl groups excluding tert-OH is 1. The second-order valence-corrected chi connectivity index (χ2v) is 10.4. The SMILES string of the molecule is Cc1c(C(=O)Nc2ccc(S(C)(=O)=O)cc2)cc(CC(C)O)n1-c1ccc(Cl)cc1C(F)(F)F. The molecule has 182 valence electrons. The zero-order chi connectivity index (χ0) is 25.4. The average Bonchev–Trinajstić information content (AvgIpc) is 3.02. The maximum Gasteiger partial charge on any atom is 0.418 e. The first-order chi connectivity index (χ1) is 15.7. The Morgan fingerprint density at radius 3 is 2.29 bits per heavy atom. The molecule has 0 saturated carbocycles. The number of sulfone groups is 1. The number of amides is 1. The zero-order valence-electron chi connectivity index (χ0n) is 18.4. The van der Waals surface area contributed by atoms with E-state index in [0.29, 0.717) is 11.4 Å². The van der Waals surface area contributed by atoms with Crippen LogP contribution in [0.3, 0.4) is 0 Å². The van der Waals surface area contributed by atoms with Gasteiger partial charge in [0, 0.05) is 34.8 Å². The minimum Gasteiger partial charge on any atom is -0.393 e. The van der Waals surface area contributed by atoms with E-state index in [-0.39, 0.29) is 33.3 Å². The molecule has 1 unspecified atom stereocenters. The van der Waals surface area contributed by atoms with Crippen LogP contribution in [-0.4, -0.2) is 36.4 Å². The molecule has 1 atom stereocenters. The molecule has 2 aromatic carbocycles. The fourth-order valence-corrected chi connectivity index (χ4v) is 4.41. The third-order valence-corrected chi connectivity index (χ3v) is 6.48. The van der Waals surface area contributed by atoms with Gasteiger partial charge in [0.05, 0.1) is 27.8 Å². The minimum atomic E-state index is -4.71. The summed E-state index contributed by atoms with van der Waals surface area (Å²) in [7, 11) is -3.41. The lowest BCUT2D eigenvalue weighted by Crippen LogP contribution is -2.16. The van der Waals surface area contributed by atoms with Crippen molar-refractivity contribution in [2.75, 3.05) is 11.6 Å². The van der Waals surface area contributed by atoms with Crippen LogP contribution in [0, 0.1) is 6.92 Å². The summed E-state index contributed by atoms with van der Waals surface area (Å²) in [5.41, 5.74) is -0.253. The molecule has 0 saturated heterocycles. The summed E-state index contributed by atoms with van der Waals surface area (Å²) in [6, 6.07) is 10.3. The van der Waals surface area contributed by atoms with Crippen LogP contribution in [0.4, 0.5) is 18.9 Å². The van der Waals surface area contributed by atoms with Gasteiger partial charge in [0.2, 0.25) is 0 Å². The van der Waals surface area contributed by atoms with Crippen molar-refractivity contribution in [1.29, 1.82) is 0 Å². The largest absolute Gasteiger partial charge is 0.418 e. The monoisotopic (exact) mass is 514 g/mol. The number of aliphatic hydroxyl groups is 1. The summed E-state index contributed by atoms with van der Waals surface area (Å²) in [4.78, 5) is 13.1. The van der Waals surface area contributed by atoms with Crippen molar-refractivity contribution in [3.63, 3.8) is 0 Å². The van der Waals surface area contributed by atoms with E-state index >= 15 is 0 Å². The predicted octanol–water partition coefficient (Wildman–Crippen LogP) is 5.04. The number of anilines is 1. The van der Waals surface area contributed by atoms with Crippen molar-refractivity contribution < 1.29 is 31.5 Å². The molecule has 1 heterocycles. The molecule has 0 aliphatic rings. The van der Waals surface area contributed by atoms with Gasteiger partial charge in [-0.3, -0.25) is 4.79 Å². The maximum atomic E-state index is 13.8. The molecule has 0 aliphatic heterocycles. The van der Waals surface area contributed by atoms with Gasteiger partial charge in [0.25, 0.3) is 5.91 Å². The third kappa shape index (κ3) is 5.63. The van der Waals surface area contributed by atoms with Gasteiger partial charge in [-0.1, -0.05) is 11.6 Å². The number of aromatic nitrogens is 1. The van der Waals surface area contributed by atoms with Crippen LogP contribution in [0.2, 0.25) is 5.02 Å². The summed E-state index contributed by atoms with van der Waals surface area (Å²) >= 11 is 5.81. The van der Waals surface area contributed by atoms with Crippen molar-refractivity contribution in [2.45, 2.75) is 37.4 Å². The van der Waals surface area contributed by atoms with Gasteiger partial charge >= 0.3 is 6.18 Å². The first-order valence-electron chi connectivity index (χ1n) is 10.1. The smallest absolute Gasteiger partial charge is 0.393 e. The standard InChI is InChI=1S/C23H22ClF3N2O4S/c1-13(30)10-17-12-19(22(31)28-16-5-7-18(8-6-16)34(3,32)33)14(2)29(17)21-9-4-15(24)11-20(21)23(25,26)27/h4-9,11-13,30H,10H2,1-3H3,(H,28,31). The Hall–Kier alpha value is -2.82. The number of alkyl halides is 3. The third-order valence-electron chi connectivity index (χ3n) is 5.12. The molecule has 3 rings (SSSR count). The first-order valence-corrected chi connectivity index (χ1v) is 12.3. The number of benzene rings is 2. The fourth-order valence-electron chi connectivity index (χ4n) is 3.60. The summed E-state index contributed by atoms with van der Waals surface area (Å²) in [5, 5.41) is 12.4. The van der Waals surface area contributed by atoms with Crippen molar-refractivity contribution in [3.8, 4) is 5.69 Å². The molecule has 11 heteroatoms. The maximum absolute atomic E-state index is 13.8. The number of nitrogens with zero attached hydrogens (tertiary/aromatic N) is 1. The lowest BCUT2D eigenvalue weighted by molar-refractivity contribution is -0.137. The van der Waals surface area contributed by atoms with E-state index in [1.165, 1.54) is 60.9 Å². The van der Waals surface area contributed by atoms with Crippen LogP contribution >= 0.6 is 11.6 Å². The number of nitrogens with one attached hydrogen (secondary N) is 1. The molecule has 0 radical (unpaired) electrons. The van der Waals surface area contributed by atoms with Crippen LogP contribution in [0.25, 0.3) is 5.69 Å². The Kier molecular flexibility index (Phi) is 7.16. The van der Waals surface area contributed by atoms with E-state index in [2.05, 4.69) is 5.32 Å². The van der Waals surface area contributed by atoms with Gasteiger partial charge in [0.1, 0.15) is 0 Å². The Morgan fingerprint density at radius 2 is 1.76 bits per heavy atom. The number of halogens is 4. The van der Waals surface area contributed by atoms with Gasteiger partial charge in [-0.2, -0.15) is 13.2 Å². The molecular formula is C23H22ClF3N2O4S. The average molecular weight is 515 g/mol. The molecule has 0 aliphatic carbocycles. The van der Waals surface area contributed by atoms with Crippen LogP contribution in [0.1, 0.15) is 34.2 Å². The fraction of sp³-hybridized carbons (Fsp3) is 0.261. The van der Waals surface area contributed by atoms with E-state index in [4.69, 9.17) is 11.6 Å². The predicted molar refractivity (Wildman–Crippen MR) is 123 cm³/mol. The summed E-state index contributed by atoms with van der Waals surface area (Å²) in [5.74, 6) is -0.599. The van der Waals surface area contributed by atoms with Crippen LogP contribution in [-0.2, 0) is 22.4 Å². The van der Waals surface area contributed by atoms with Crippen molar-refractivity contribution in [2.24, 2.45) is 0 Å². The van der Waals surface area contributed by atoms with Crippen LogP contribution in [0.15, 0.2) is 53.4 Å². The molecule has 0 spiro atoms. The van der Waals surface area contributed by atoms with Gasteiger partial charge in [-0.15, -0.1) is 0 Å². The van der Waals surface area contributed by atoms with Crippen LogP contribution in [0.5, 0.6) is 0 Å². The topological polar surface area (TPSA) is 88.4 Å². The molecule has 0 fully saturated rings. The second-order valence-electron chi connectivity index (χ2n) is 7.93. The van der Waals surface area contributed by atoms with Crippen molar-refractivity contribution >= 4 is 33.0 Å². The van der Waals surface area contributed by atoms with Gasteiger partial charge in [0.15, 0.2) is 9.84 Å². The lowest BCUT2D eigenvalue weighted by Gasteiger charge is -2.19. The number of rotatable bonds is 6. The second kappa shape index (κ2) is 9.44. The molecule has 34 heavy (non-hydrogen) atoms. The molecule has 3 aromatic rings. The van der Waals surface area contributed by atoms with Gasteiger partial charge < -0.3 is 15.0 Å². The summed E-state index contributed by atoms with van der Waals surface area (Å²) < 4.78 is 65.8. The van der Waals surface area contributed by atoms with E-state index in [0.717, 1.165) is 12.3 Å². The number of carbonyl (C=O) groups is 1. The molecule has 6 nitrogen and oxygen atoms in total. The van der Waals surface area contributed by atoms with Crippen LogP contribution < -0.4 is 5.32 Å². The number of carbonyl (C=O) groups excluding carboxylic acids is 1. The highest BCUT2D eigenvalue weighted by Gasteiger charge is 2.35. The van der Waals surface area contributed by atoms with E-state index in [1.54, 1.807) is 0 Å². The number of hydrogen-bond donors (Lipinski definition) is 2. The number of hydrogen-bond acceptors (Lipinski definition) is 4. The molecule has 1 aromatic heterocycles. The Morgan fingerprint density at radius 1 is 1.15 bits per heavy atom. The zero-order valence-corrected chi connectivity index (χ0v) is 20.0. The van der Waals surface area contributed by atoms with Crippen molar-refractivity contribution in [1.82, 2.24) is 4.57 Å². The Balaban J connectivity index is 2.07. The van der Waals surface area contributed by atoms with Gasteiger partial charge in [-0.05, 0) is 62.4 Å². The Bertz CT molecular complexity index is 1330. The highest BCUT2D eigenvalue weighted by Crippen LogP contribution is 2.37. The van der Waals surface area contributed by atoms with Crippen molar-refractivity contribution in [3.05, 3.63) is 76.1 Å². The van der Waals surface area contributed by atoms with E-state index < -0.39 is 33.6 Å². The molecular weight excluding hydrogens is 493 g/mol. The van der Waals surface area contributed by atoms with E-state index in [1.807, 2.05) is 0 Å². The molecule has 0 bridgehead atoms. The minimum absolute atomic E-state index is 0.00288. The summed E-state index contributed by atoms with van der Waals surface area (Å²) in [6.07, 6.45) is -4.53. The normalized spacial score (nSPS) is 13.1. The van der Waals surface area contributed by atoms with Gasteiger partial charge in [-0.25, -0.2) is 8.42 Å². The molecule has 1 amide bonds. The highest BCUT2D eigenvalue weighted by molar-refractivity contribution is 7.90. The summed E-state index contributed by atoms with van der Waals surface area (Å²) in [6.45, 7) is 2.99. The Labute approximate surface area is 199 Å². The quantitative estimate of drug-likeness (QED) is 0.482. The first kappa shape index (κ1) is 25.8.